The molecule has 4 heteroatoms. The van der Waals surface area contributed by atoms with Gasteiger partial charge in [-0.1, -0.05) is 47.9 Å². The molecule has 0 amide bonds. The third-order valence-corrected chi connectivity index (χ3v) is 4.41. The van der Waals surface area contributed by atoms with Crippen molar-refractivity contribution in [3.05, 3.63) is 92.6 Å². The summed E-state index contributed by atoms with van der Waals surface area (Å²) in [7, 11) is 0. The van der Waals surface area contributed by atoms with Crippen molar-refractivity contribution < 1.29 is 8.83 Å². The molecule has 0 aliphatic heterocycles. The molecule has 2 aromatic heterocycles. The van der Waals surface area contributed by atoms with Crippen LogP contribution in [0.2, 0.25) is 0 Å². The molecule has 0 bridgehead atoms. The topological polar surface area (TPSA) is 60.4 Å². The zero-order valence-electron chi connectivity index (χ0n) is 15.5. The Labute approximate surface area is 166 Å². The maximum atomic E-state index is 12.4. The SMILES string of the molecule is O=c1c(C#CCCCC#Cc2coc3ccccc3c2=O)coc2ccccc12. The third-order valence-electron chi connectivity index (χ3n) is 4.41. The van der Waals surface area contributed by atoms with Gasteiger partial charge in [0.1, 0.15) is 34.8 Å². The number of para-hydroxylation sites is 2. The molecule has 0 aliphatic rings. The van der Waals surface area contributed by atoms with Gasteiger partial charge in [-0.05, 0) is 30.7 Å². The van der Waals surface area contributed by atoms with Gasteiger partial charge in [-0.25, -0.2) is 0 Å². The summed E-state index contributed by atoms with van der Waals surface area (Å²) in [5.41, 5.74) is 1.56. The van der Waals surface area contributed by atoms with Gasteiger partial charge >= 0.3 is 0 Å². The molecule has 0 unspecified atom stereocenters. The summed E-state index contributed by atoms with van der Waals surface area (Å²) in [6, 6.07) is 14.2. The molecule has 4 rings (SSSR count). The molecule has 4 aromatic rings. The first-order chi connectivity index (χ1) is 14.2. The standard InChI is InChI=1S/C25H16O4/c26-24-18(16-28-22-14-8-6-12-20(22)24)10-4-2-1-3-5-11-19-17-29-23-15-9-7-13-21(23)25(19)27/h6-9,12-17H,1-3H2. The largest absolute Gasteiger partial charge is 0.463 e. The van der Waals surface area contributed by atoms with Crippen molar-refractivity contribution >= 4 is 21.9 Å². The second-order valence-electron chi connectivity index (χ2n) is 6.41. The average molecular weight is 380 g/mol. The molecule has 0 saturated carbocycles. The van der Waals surface area contributed by atoms with E-state index in [2.05, 4.69) is 23.7 Å². The van der Waals surface area contributed by atoms with E-state index in [-0.39, 0.29) is 10.9 Å². The quantitative estimate of drug-likeness (QED) is 0.380. The van der Waals surface area contributed by atoms with E-state index in [1.54, 1.807) is 36.4 Å². The molecule has 0 aliphatic carbocycles. The lowest BCUT2D eigenvalue weighted by molar-refractivity contribution is 0.600. The molecular weight excluding hydrogens is 364 g/mol. The fourth-order valence-electron chi connectivity index (χ4n) is 2.91. The Morgan fingerprint density at radius 1 is 0.655 bits per heavy atom. The second-order valence-corrected chi connectivity index (χ2v) is 6.41. The van der Waals surface area contributed by atoms with Gasteiger partial charge in [-0.3, -0.25) is 9.59 Å². The van der Waals surface area contributed by atoms with Crippen LogP contribution in [-0.4, -0.2) is 0 Å². The van der Waals surface area contributed by atoms with Crippen molar-refractivity contribution in [3.63, 3.8) is 0 Å². The highest BCUT2D eigenvalue weighted by Gasteiger charge is 2.04. The van der Waals surface area contributed by atoms with Crippen LogP contribution in [0.1, 0.15) is 30.4 Å². The lowest BCUT2D eigenvalue weighted by Crippen LogP contribution is -2.05. The lowest BCUT2D eigenvalue weighted by Gasteiger charge is -1.96. The number of hydrogen-bond acceptors (Lipinski definition) is 4. The fraction of sp³-hybridized carbons (Fsp3) is 0.120. The van der Waals surface area contributed by atoms with Gasteiger partial charge in [0.25, 0.3) is 0 Å². The van der Waals surface area contributed by atoms with Crippen molar-refractivity contribution in [2.75, 3.05) is 0 Å². The van der Waals surface area contributed by atoms with E-state index in [4.69, 9.17) is 8.83 Å². The van der Waals surface area contributed by atoms with Crippen LogP contribution < -0.4 is 10.9 Å². The van der Waals surface area contributed by atoms with Crippen LogP contribution in [0.5, 0.6) is 0 Å². The highest BCUT2D eigenvalue weighted by atomic mass is 16.3. The monoisotopic (exact) mass is 380 g/mol. The first kappa shape index (κ1) is 18.3. The maximum absolute atomic E-state index is 12.4. The van der Waals surface area contributed by atoms with Gasteiger partial charge in [0.2, 0.25) is 10.9 Å². The minimum Gasteiger partial charge on any atom is -0.463 e. The number of fused-ring (bicyclic) bond motifs is 2. The molecule has 0 radical (unpaired) electrons. The molecule has 140 valence electrons. The van der Waals surface area contributed by atoms with Gasteiger partial charge in [0.05, 0.1) is 10.8 Å². The number of benzene rings is 2. The van der Waals surface area contributed by atoms with Gasteiger partial charge in [-0.2, -0.15) is 0 Å². The van der Waals surface area contributed by atoms with Crippen molar-refractivity contribution in [2.24, 2.45) is 0 Å². The molecule has 0 atom stereocenters. The van der Waals surface area contributed by atoms with E-state index >= 15 is 0 Å². The van der Waals surface area contributed by atoms with Crippen LogP contribution in [0.25, 0.3) is 21.9 Å². The Hall–Kier alpha value is -4.02. The molecule has 2 heterocycles. The van der Waals surface area contributed by atoms with Crippen molar-refractivity contribution in [2.45, 2.75) is 19.3 Å². The summed E-state index contributed by atoms with van der Waals surface area (Å²) < 4.78 is 10.9. The van der Waals surface area contributed by atoms with Gasteiger partial charge in [-0.15, -0.1) is 0 Å². The number of unbranched alkanes of at least 4 members (excludes halogenated alkanes) is 2. The van der Waals surface area contributed by atoms with Crippen LogP contribution in [0.3, 0.4) is 0 Å². The van der Waals surface area contributed by atoms with Gasteiger partial charge < -0.3 is 8.83 Å². The lowest BCUT2D eigenvalue weighted by atomic mass is 10.1. The summed E-state index contributed by atoms with van der Waals surface area (Å²) >= 11 is 0. The third kappa shape index (κ3) is 3.98. The number of hydrogen-bond donors (Lipinski definition) is 0. The van der Waals surface area contributed by atoms with Crippen LogP contribution in [-0.2, 0) is 0 Å². The van der Waals surface area contributed by atoms with Crippen LogP contribution in [0.15, 0.2) is 79.5 Å². The summed E-state index contributed by atoms with van der Waals surface area (Å²) in [5, 5.41) is 1.05. The maximum Gasteiger partial charge on any atom is 0.208 e. The minimum atomic E-state index is -0.123. The molecule has 4 nitrogen and oxygen atoms in total. The molecule has 0 fully saturated rings. The fourth-order valence-corrected chi connectivity index (χ4v) is 2.91. The highest BCUT2D eigenvalue weighted by molar-refractivity contribution is 5.78. The minimum absolute atomic E-state index is 0.123. The van der Waals surface area contributed by atoms with E-state index in [0.29, 0.717) is 45.9 Å². The second kappa shape index (κ2) is 8.33. The highest BCUT2D eigenvalue weighted by Crippen LogP contribution is 2.11. The Morgan fingerprint density at radius 2 is 1.10 bits per heavy atom. The molecule has 0 saturated heterocycles. The van der Waals surface area contributed by atoms with Crippen LogP contribution >= 0.6 is 0 Å². The first-order valence-electron chi connectivity index (χ1n) is 9.23. The predicted octanol–water partition coefficient (Wildman–Crippen LogP) is 4.47. The first-order valence-corrected chi connectivity index (χ1v) is 9.23. The van der Waals surface area contributed by atoms with E-state index in [1.165, 1.54) is 12.5 Å². The van der Waals surface area contributed by atoms with E-state index in [9.17, 15) is 9.59 Å². The Bertz CT molecular complexity index is 1320. The average Bonchev–Trinajstić information content (AvgIpc) is 2.76. The van der Waals surface area contributed by atoms with E-state index in [1.807, 2.05) is 12.1 Å². The molecular formula is C25H16O4. The Kier molecular flexibility index (Phi) is 5.27. The molecule has 29 heavy (non-hydrogen) atoms. The molecule has 0 spiro atoms. The van der Waals surface area contributed by atoms with E-state index < -0.39 is 0 Å². The zero-order valence-corrected chi connectivity index (χ0v) is 15.5. The van der Waals surface area contributed by atoms with Crippen molar-refractivity contribution in [1.29, 1.82) is 0 Å². The molecule has 0 N–H and O–H groups in total. The van der Waals surface area contributed by atoms with Gasteiger partial charge in [0, 0.05) is 12.8 Å². The zero-order chi connectivity index (χ0) is 20.1. The van der Waals surface area contributed by atoms with E-state index in [0.717, 1.165) is 6.42 Å². The summed E-state index contributed by atoms with van der Waals surface area (Å²) in [6.45, 7) is 0. The van der Waals surface area contributed by atoms with Crippen LogP contribution in [0.4, 0.5) is 0 Å². The smallest absolute Gasteiger partial charge is 0.208 e. The predicted molar refractivity (Wildman–Crippen MR) is 113 cm³/mol. The summed E-state index contributed by atoms with van der Waals surface area (Å²) in [4.78, 5) is 24.7. The van der Waals surface area contributed by atoms with Crippen LogP contribution in [0, 0.1) is 23.7 Å². The number of rotatable bonds is 2. The summed E-state index contributed by atoms with van der Waals surface area (Å²) in [5.74, 6) is 11.7. The van der Waals surface area contributed by atoms with Crippen molar-refractivity contribution in [1.82, 2.24) is 0 Å². The normalized spacial score (nSPS) is 10.2. The van der Waals surface area contributed by atoms with Crippen molar-refractivity contribution in [3.8, 4) is 23.7 Å². The Morgan fingerprint density at radius 3 is 1.59 bits per heavy atom. The Balaban J connectivity index is 1.39. The summed E-state index contributed by atoms with van der Waals surface area (Å²) in [6.07, 6.45) is 4.71. The molecule has 2 aromatic carbocycles. The van der Waals surface area contributed by atoms with Gasteiger partial charge in [0.15, 0.2) is 0 Å².